The highest BCUT2D eigenvalue weighted by Gasteiger charge is 2.05. The van der Waals surface area contributed by atoms with Crippen LogP contribution in [0.15, 0.2) is 41.0 Å². The minimum absolute atomic E-state index is 0.256. The van der Waals surface area contributed by atoms with Gasteiger partial charge in [-0.25, -0.2) is 4.42 Å². The van der Waals surface area contributed by atoms with Gasteiger partial charge in [0.05, 0.1) is 0 Å². The Kier molecular flexibility index (Phi) is 1.25. The van der Waals surface area contributed by atoms with Gasteiger partial charge in [0, 0.05) is 12.1 Å². The summed E-state index contributed by atoms with van der Waals surface area (Å²) in [5.41, 5.74) is 0.701. The van der Waals surface area contributed by atoms with Crippen LogP contribution < -0.4 is 0 Å². The molecule has 0 aliphatic carbocycles. The van der Waals surface area contributed by atoms with Crippen LogP contribution in [-0.4, -0.2) is 5.11 Å². The van der Waals surface area contributed by atoms with Crippen LogP contribution in [0.2, 0.25) is 0 Å². The molecule has 0 unspecified atom stereocenters. The Morgan fingerprint density at radius 1 is 1.09 bits per heavy atom. The molecule has 0 saturated carbocycles. The molecule has 1 N–H and O–H groups in total. The van der Waals surface area contributed by atoms with Crippen molar-refractivity contribution in [2.75, 3.05) is 0 Å². The number of phenolic OH excluding ortho intramolecular Hbond substituents is 1. The largest absolute Gasteiger partial charge is 0.507 e. The molecule has 0 atom stereocenters. The lowest BCUT2D eigenvalue weighted by molar-refractivity contribution is 0.480. The lowest BCUT2D eigenvalue weighted by atomic mass is 10.2. The Balaban J connectivity index is 2.91. The SMILES string of the molecule is Oc1cccc2[o+]cccc12. The van der Waals surface area contributed by atoms with Crippen LogP contribution in [0.25, 0.3) is 11.0 Å². The zero-order valence-corrected chi connectivity index (χ0v) is 5.82. The van der Waals surface area contributed by atoms with E-state index in [2.05, 4.69) is 0 Å². The monoisotopic (exact) mass is 147 g/mol. The zero-order valence-electron chi connectivity index (χ0n) is 5.82. The topological polar surface area (TPSA) is 31.5 Å². The van der Waals surface area contributed by atoms with E-state index in [0.29, 0.717) is 5.58 Å². The highest BCUT2D eigenvalue weighted by molar-refractivity contribution is 5.82. The molecular weight excluding hydrogens is 140 g/mol. The second kappa shape index (κ2) is 2.23. The molecule has 11 heavy (non-hydrogen) atoms. The Labute approximate surface area is 63.7 Å². The summed E-state index contributed by atoms with van der Waals surface area (Å²) in [4.78, 5) is 0. The van der Waals surface area contributed by atoms with Crippen LogP contribution >= 0.6 is 0 Å². The number of benzene rings is 1. The third kappa shape index (κ3) is 0.923. The van der Waals surface area contributed by atoms with Gasteiger partial charge in [-0.1, -0.05) is 0 Å². The second-order valence-electron chi connectivity index (χ2n) is 2.30. The molecule has 0 aliphatic rings. The quantitative estimate of drug-likeness (QED) is 0.580. The standard InChI is InChI=1S/C9H6O2/c10-8-4-1-5-9-7(8)3-2-6-11-9/h1-6H/p+1. The summed E-state index contributed by atoms with van der Waals surface area (Å²) in [6.45, 7) is 0. The van der Waals surface area contributed by atoms with Crippen LogP contribution in [0.5, 0.6) is 5.75 Å². The molecule has 54 valence electrons. The summed E-state index contributed by atoms with van der Waals surface area (Å²) < 4.78 is 5.13. The molecule has 0 saturated heterocycles. The number of hydrogen-bond donors (Lipinski definition) is 1. The zero-order chi connectivity index (χ0) is 7.68. The smallest absolute Gasteiger partial charge is 0.363 e. The van der Waals surface area contributed by atoms with Crippen molar-refractivity contribution in [3.05, 3.63) is 36.6 Å². The normalized spacial score (nSPS) is 10.2. The predicted octanol–water partition coefficient (Wildman–Crippen LogP) is 2.42. The minimum atomic E-state index is 0.256. The lowest BCUT2D eigenvalue weighted by Crippen LogP contribution is -1.70. The molecule has 1 aromatic carbocycles. The molecule has 1 aromatic heterocycles. The molecule has 2 rings (SSSR count). The maximum Gasteiger partial charge on any atom is 0.363 e. The summed E-state index contributed by atoms with van der Waals surface area (Å²) in [7, 11) is 0. The van der Waals surface area contributed by atoms with Crippen molar-refractivity contribution in [2.45, 2.75) is 0 Å². The minimum Gasteiger partial charge on any atom is -0.507 e. The number of phenols is 1. The van der Waals surface area contributed by atoms with E-state index >= 15 is 0 Å². The molecule has 2 nitrogen and oxygen atoms in total. The molecule has 2 aromatic rings. The van der Waals surface area contributed by atoms with Gasteiger partial charge < -0.3 is 5.11 Å². The van der Waals surface area contributed by atoms with Crippen LogP contribution in [0.3, 0.4) is 0 Å². The molecule has 0 spiro atoms. The van der Waals surface area contributed by atoms with Crippen molar-refractivity contribution >= 4 is 11.0 Å². The van der Waals surface area contributed by atoms with Gasteiger partial charge in [0.2, 0.25) is 0 Å². The highest BCUT2D eigenvalue weighted by atomic mass is 16.3. The van der Waals surface area contributed by atoms with Gasteiger partial charge in [-0.15, -0.1) is 0 Å². The first-order chi connectivity index (χ1) is 5.38. The van der Waals surface area contributed by atoms with Gasteiger partial charge in [-0.3, -0.25) is 0 Å². The van der Waals surface area contributed by atoms with Crippen molar-refractivity contribution in [1.82, 2.24) is 0 Å². The van der Waals surface area contributed by atoms with Crippen molar-refractivity contribution in [3.63, 3.8) is 0 Å². The fourth-order valence-corrected chi connectivity index (χ4v) is 1.05. The predicted molar refractivity (Wildman–Crippen MR) is 42.3 cm³/mol. The molecule has 0 amide bonds. The van der Waals surface area contributed by atoms with Crippen LogP contribution in [0, 0.1) is 0 Å². The molecule has 0 bridgehead atoms. The van der Waals surface area contributed by atoms with Gasteiger partial charge in [-0.2, -0.15) is 0 Å². The van der Waals surface area contributed by atoms with Gasteiger partial charge >= 0.3 is 11.8 Å². The van der Waals surface area contributed by atoms with E-state index in [1.165, 1.54) is 0 Å². The molecule has 0 fully saturated rings. The fourth-order valence-electron chi connectivity index (χ4n) is 1.05. The van der Waals surface area contributed by atoms with Crippen LogP contribution in [-0.2, 0) is 0 Å². The summed E-state index contributed by atoms with van der Waals surface area (Å²) in [5.74, 6) is 0.256. The molecule has 0 radical (unpaired) electrons. The van der Waals surface area contributed by atoms with Gasteiger partial charge in [0.25, 0.3) is 0 Å². The van der Waals surface area contributed by atoms with Crippen LogP contribution in [0.4, 0.5) is 0 Å². The number of aromatic hydroxyl groups is 1. The summed E-state index contributed by atoms with van der Waals surface area (Å²) in [6, 6.07) is 8.77. The highest BCUT2D eigenvalue weighted by Crippen LogP contribution is 2.22. The Morgan fingerprint density at radius 3 is 2.82 bits per heavy atom. The van der Waals surface area contributed by atoms with Crippen molar-refractivity contribution in [2.24, 2.45) is 0 Å². The Hall–Kier alpha value is -1.57. The van der Waals surface area contributed by atoms with Crippen molar-refractivity contribution in [3.8, 4) is 5.75 Å². The van der Waals surface area contributed by atoms with Crippen LogP contribution in [0.1, 0.15) is 0 Å². The third-order valence-corrected chi connectivity index (χ3v) is 1.58. The Bertz CT molecular complexity index is 377. The average Bonchev–Trinajstić information content (AvgIpc) is 2.06. The maximum atomic E-state index is 9.31. The van der Waals surface area contributed by atoms with Gasteiger partial charge in [0.15, 0.2) is 0 Å². The van der Waals surface area contributed by atoms with Crippen molar-refractivity contribution < 1.29 is 9.52 Å². The van der Waals surface area contributed by atoms with E-state index in [1.54, 1.807) is 24.5 Å². The second-order valence-corrected chi connectivity index (χ2v) is 2.30. The summed E-state index contributed by atoms with van der Waals surface area (Å²) in [6.07, 6.45) is 1.59. The molecule has 0 aliphatic heterocycles. The van der Waals surface area contributed by atoms with E-state index in [-0.39, 0.29) is 5.75 Å². The van der Waals surface area contributed by atoms with E-state index in [1.807, 2.05) is 12.1 Å². The molecular formula is C9H7O2+. The first-order valence-electron chi connectivity index (χ1n) is 3.36. The number of fused-ring (bicyclic) bond motifs is 1. The Morgan fingerprint density at radius 2 is 2.00 bits per heavy atom. The lowest BCUT2D eigenvalue weighted by Gasteiger charge is -1.89. The van der Waals surface area contributed by atoms with E-state index in [0.717, 1.165) is 5.39 Å². The van der Waals surface area contributed by atoms with Crippen molar-refractivity contribution in [1.29, 1.82) is 0 Å². The third-order valence-electron chi connectivity index (χ3n) is 1.58. The van der Waals surface area contributed by atoms with E-state index in [4.69, 9.17) is 4.42 Å². The first-order valence-corrected chi connectivity index (χ1v) is 3.36. The number of rotatable bonds is 0. The maximum absolute atomic E-state index is 9.31. The first kappa shape index (κ1) is 6.16. The fraction of sp³-hybridized carbons (Fsp3) is 0. The summed E-state index contributed by atoms with van der Waals surface area (Å²) >= 11 is 0. The molecule has 1 heterocycles. The number of hydrogen-bond acceptors (Lipinski definition) is 1. The molecule has 2 heteroatoms. The van der Waals surface area contributed by atoms with E-state index in [9.17, 15) is 5.11 Å². The summed E-state index contributed by atoms with van der Waals surface area (Å²) in [5, 5.41) is 10.1. The average molecular weight is 147 g/mol. The van der Waals surface area contributed by atoms with Gasteiger partial charge in [0.1, 0.15) is 11.1 Å². The van der Waals surface area contributed by atoms with Gasteiger partial charge in [-0.05, 0) is 18.2 Å². The van der Waals surface area contributed by atoms with E-state index < -0.39 is 0 Å².